The number of benzene rings is 3. The van der Waals surface area contributed by atoms with Gasteiger partial charge in [-0.05, 0) is 60.7 Å². The fraction of sp³-hybridized carbons (Fsp3) is 0.300. The Bertz CT molecular complexity index is 1530. The van der Waals surface area contributed by atoms with Crippen LogP contribution in [0.3, 0.4) is 0 Å². The summed E-state index contributed by atoms with van der Waals surface area (Å²) in [6.45, 7) is 1.91. The van der Waals surface area contributed by atoms with E-state index in [0.717, 1.165) is 16.9 Å². The summed E-state index contributed by atoms with van der Waals surface area (Å²) >= 11 is 0. The molecule has 2 atom stereocenters. The Labute approximate surface area is 236 Å². The van der Waals surface area contributed by atoms with Crippen molar-refractivity contribution in [2.24, 2.45) is 0 Å². The summed E-state index contributed by atoms with van der Waals surface area (Å²) in [5.74, 6) is 0.535. The largest absolute Gasteiger partial charge is 0.500 e. The van der Waals surface area contributed by atoms with Gasteiger partial charge in [0.15, 0.2) is 23.0 Å². The lowest BCUT2D eigenvalue weighted by Gasteiger charge is -2.30. The van der Waals surface area contributed by atoms with Crippen molar-refractivity contribution in [1.29, 1.82) is 0 Å². The van der Waals surface area contributed by atoms with E-state index in [1.807, 2.05) is 36.4 Å². The van der Waals surface area contributed by atoms with Crippen LogP contribution in [-0.2, 0) is 4.79 Å². The van der Waals surface area contributed by atoms with Crippen LogP contribution < -0.4 is 29.6 Å². The van der Waals surface area contributed by atoms with Crippen molar-refractivity contribution in [3.8, 4) is 28.7 Å². The Kier molecular flexibility index (Phi) is 7.60. The molecule has 1 aliphatic heterocycles. The predicted octanol–water partition coefficient (Wildman–Crippen LogP) is 5.70. The molecule has 0 spiro atoms. The number of aromatic hydroxyl groups is 1. The summed E-state index contributed by atoms with van der Waals surface area (Å²) in [6, 6.07) is 13.3. The molecule has 0 saturated carbocycles. The van der Waals surface area contributed by atoms with Gasteiger partial charge in [-0.25, -0.2) is 0 Å². The first kappa shape index (κ1) is 27.6. The van der Waals surface area contributed by atoms with E-state index in [1.165, 1.54) is 13.2 Å². The highest BCUT2D eigenvalue weighted by molar-refractivity contribution is 6.01. The van der Waals surface area contributed by atoms with E-state index >= 15 is 0 Å². The van der Waals surface area contributed by atoms with Gasteiger partial charge in [-0.2, -0.15) is 0 Å². The fourth-order valence-corrected chi connectivity index (χ4v) is 5.50. The second-order valence-electron chi connectivity index (χ2n) is 9.70. The van der Waals surface area contributed by atoms with Gasteiger partial charge < -0.3 is 34.7 Å². The first-order valence-corrected chi connectivity index (χ1v) is 13.1. The topological polar surface area (TPSA) is 141 Å². The lowest BCUT2D eigenvalue weighted by atomic mass is 9.78. The minimum Gasteiger partial charge on any atom is -0.500 e. The molecule has 11 heteroatoms. The van der Waals surface area contributed by atoms with E-state index in [9.17, 15) is 20.0 Å². The number of nitro groups is 1. The number of carbonyl (C=O) groups is 1. The second kappa shape index (κ2) is 11.3. The molecule has 0 unspecified atom stereocenters. The number of carbonyl (C=O) groups excluding carboxylic acids is 1. The van der Waals surface area contributed by atoms with Gasteiger partial charge in [0.25, 0.3) is 0 Å². The minimum atomic E-state index is -0.743. The quantitative estimate of drug-likeness (QED) is 0.231. The number of hydrogen-bond donors (Lipinski definition) is 3. The van der Waals surface area contributed by atoms with Crippen molar-refractivity contribution in [1.82, 2.24) is 0 Å². The van der Waals surface area contributed by atoms with Crippen molar-refractivity contribution in [2.75, 3.05) is 38.6 Å². The van der Waals surface area contributed by atoms with Gasteiger partial charge in [0.2, 0.25) is 11.5 Å². The Morgan fingerprint density at radius 1 is 0.951 bits per heavy atom. The van der Waals surface area contributed by atoms with Crippen LogP contribution in [0.1, 0.15) is 42.9 Å². The van der Waals surface area contributed by atoms with Gasteiger partial charge in [-0.15, -0.1) is 0 Å². The van der Waals surface area contributed by atoms with Crippen molar-refractivity contribution >= 4 is 22.8 Å². The number of phenolic OH excluding ortho intramolecular Hbond substituents is 1. The van der Waals surface area contributed by atoms with E-state index in [1.54, 1.807) is 27.2 Å². The van der Waals surface area contributed by atoms with E-state index < -0.39 is 22.4 Å². The number of rotatable bonds is 8. The van der Waals surface area contributed by atoms with Crippen LogP contribution in [0, 0.1) is 10.1 Å². The van der Waals surface area contributed by atoms with Crippen LogP contribution in [0.2, 0.25) is 0 Å². The Balaban J connectivity index is 1.65. The summed E-state index contributed by atoms with van der Waals surface area (Å²) in [5.41, 5.74) is 3.41. The minimum absolute atomic E-state index is 0.0234. The highest BCUT2D eigenvalue weighted by Gasteiger charge is 2.38. The molecule has 3 aromatic rings. The summed E-state index contributed by atoms with van der Waals surface area (Å²) in [7, 11) is 4.62. The molecule has 5 rings (SSSR count). The van der Waals surface area contributed by atoms with Crippen molar-refractivity contribution < 1.29 is 33.8 Å². The van der Waals surface area contributed by atoms with E-state index in [0.29, 0.717) is 40.5 Å². The summed E-state index contributed by atoms with van der Waals surface area (Å²) in [5, 5.41) is 29.2. The molecule has 1 aliphatic carbocycles. The van der Waals surface area contributed by atoms with Gasteiger partial charge in [0.1, 0.15) is 0 Å². The number of nitro benzene ring substituents is 1. The predicted molar refractivity (Wildman–Crippen MR) is 152 cm³/mol. The molecule has 11 nitrogen and oxygen atoms in total. The standard InChI is InChI=1S/C30H31N3O8/c1-5-41-24-15-18(11-22(29(24)35)33(36)37)28-27-21(31-19-8-6-7-9-20(19)32-28)10-16(12-23(27)34)17-13-25(38-2)30(40-4)26(14-17)39-3/h6-9,11,13-16,28,31-32,35H,5,10,12H2,1-4H3/t16-,28-/m1/s1. The van der Waals surface area contributed by atoms with Crippen LogP contribution in [-0.4, -0.2) is 43.7 Å². The fourth-order valence-electron chi connectivity index (χ4n) is 5.50. The highest BCUT2D eigenvalue weighted by atomic mass is 16.6. The number of ether oxygens (including phenoxy) is 4. The number of allylic oxidation sites excluding steroid dienone is 1. The molecule has 0 bridgehead atoms. The van der Waals surface area contributed by atoms with Gasteiger partial charge in [0.05, 0.1) is 50.3 Å². The first-order valence-electron chi connectivity index (χ1n) is 13.1. The molecule has 214 valence electrons. The van der Waals surface area contributed by atoms with E-state index in [4.69, 9.17) is 18.9 Å². The third-order valence-corrected chi connectivity index (χ3v) is 7.37. The maximum atomic E-state index is 14.0. The summed E-state index contributed by atoms with van der Waals surface area (Å²) in [6.07, 6.45) is 0.664. The normalized spacial score (nSPS) is 17.8. The monoisotopic (exact) mass is 561 g/mol. The number of Topliss-reactive ketones (excluding diaryl/α,β-unsaturated/α-hetero) is 1. The lowest BCUT2D eigenvalue weighted by Crippen LogP contribution is -2.27. The molecule has 1 heterocycles. The molecule has 3 aromatic carbocycles. The number of anilines is 2. The number of methoxy groups -OCH3 is 3. The molecule has 3 N–H and O–H groups in total. The highest BCUT2D eigenvalue weighted by Crippen LogP contribution is 2.48. The van der Waals surface area contributed by atoms with Crippen molar-refractivity contribution in [3.05, 3.63) is 81.0 Å². The molecule has 0 radical (unpaired) electrons. The number of hydrogen-bond acceptors (Lipinski definition) is 10. The third-order valence-electron chi connectivity index (χ3n) is 7.37. The Morgan fingerprint density at radius 2 is 1.61 bits per heavy atom. The summed E-state index contributed by atoms with van der Waals surface area (Å²) in [4.78, 5) is 25.2. The zero-order valence-electron chi connectivity index (χ0n) is 23.1. The number of phenols is 1. The van der Waals surface area contributed by atoms with Crippen LogP contribution in [0.4, 0.5) is 17.1 Å². The number of ketones is 1. The maximum absolute atomic E-state index is 14.0. The van der Waals surface area contributed by atoms with Gasteiger partial charge in [0, 0.05) is 23.8 Å². The maximum Gasteiger partial charge on any atom is 0.315 e. The lowest BCUT2D eigenvalue weighted by molar-refractivity contribution is -0.386. The summed E-state index contributed by atoms with van der Waals surface area (Å²) < 4.78 is 22.1. The average Bonchev–Trinajstić information content (AvgIpc) is 3.14. The van der Waals surface area contributed by atoms with Crippen molar-refractivity contribution in [3.63, 3.8) is 0 Å². The van der Waals surface area contributed by atoms with Gasteiger partial charge in [-0.1, -0.05) is 12.1 Å². The van der Waals surface area contributed by atoms with Crippen LogP contribution in [0.25, 0.3) is 0 Å². The molecule has 2 aliphatic rings. The molecular weight excluding hydrogens is 530 g/mol. The molecular formula is C30H31N3O8. The Hall–Kier alpha value is -4.93. The third kappa shape index (κ3) is 5.06. The van der Waals surface area contributed by atoms with Gasteiger partial charge in [-0.3, -0.25) is 14.9 Å². The van der Waals surface area contributed by atoms with E-state index in [2.05, 4.69) is 10.6 Å². The second-order valence-corrected chi connectivity index (χ2v) is 9.70. The molecule has 0 amide bonds. The number of nitrogens with one attached hydrogen (secondary N) is 2. The van der Waals surface area contributed by atoms with Crippen molar-refractivity contribution in [2.45, 2.75) is 31.7 Å². The molecule has 41 heavy (non-hydrogen) atoms. The number of para-hydroxylation sites is 2. The molecule has 0 fully saturated rings. The zero-order chi connectivity index (χ0) is 29.3. The molecule has 0 saturated heterocycles. The Morgan fingerprint density at radius 3 is 2.22 bits per heavy atom. The van der Waals surface area contributed by atoms with Crippen LogP contribution in [0.15, 0.2) is 59.8 Å². The van der Waals surface area contributed by atoms with Crippen LogP contribution in [0.5, 0.6) is 28.7 Å². The smallest absolute Gasteiger partial charge is 0.315 e. The van der Waals surface area contributed by atoms with Gasteiger partial charge >= 0.3 is 5.69 Å². The van der Waals surface area contributed by atoms with E-state index in [-0.39, 0.29) is 30.5 Å². The number of nitrogens with zero attached hydrogens (tertiary/aromatic N) is 1. The average molecular weight is 562 g/mol. The molecule has 0 aromatic heterocycles. The zero-order valence-corrected chi connectivity index (χ0v) is 23.1. The van der Waals surface area contributed by atoms with Crippen LogP contribution >= 0.6 is 0 Å². The number of fused-ring (bicyclic) bond motifs is 1. The SMILES string of the molecule is CCOc1cc([C@H]2Nc3ccccc3NC3=C2C(=O)C[C@H](c2cc(OC)c(OC)c(OC)c2)C3)cc([N+](=O)[O-])c1O. The first-order chi connectivity index (χ1) is 19.8.